The Kier molecular flexibility index (Phi) is 6.34. The van der Waals surface area contributed by atoms with Crippen LogP contribution < -0.4 is 10.2 Å². The Morgan fingerprint density at radius 1 is 1.10 bits per heavy atom. The molecule has 0 radical (unpaired) electrons. The summed E-state index contributed by atoms with van der Waals surface area (Å²) in [7, 11) is 0. The summed E-state index contributed by atoms with van der Waals surface area (Å²) in [6.45, 7) is 0.551. The van der Waals surface area contributed by atoms with E-state index in [1.807, 2.05) is 12.1 Å². The average molecular weight is 539 g/mol. The minimum Gasteiger partial charge on any atom is -0.373 e. The molecule has 1 fully saturated rings. The zero-order chi connectivity index (χ0) is 27.1. The number of amides is 1. The number of benzene rings is 1. The van der Waals surface area contributed by atoms with E-state index in [1.54, 1.807) is 24.7 Å². The van der Waals surface area contributed by atoms with Crippen LogP contribution in [-0.4, -0.2) is 52.0 Å². The summed E-state index contributed by atoms with van der Waals surface area (Å²) in [5.41, 5.74) is -2.05. The summed E-state index contributed by atoms with van der Waals surface area (Å²) >= 11 is 0. The quantitative estimate of drug-likeness (QED) is 0.366. The third kappa shape index (κ3) is 4.65. The van der Waals surface area contributed by atoms with Crippen LogP contribution in [0.1, 0.15) is 33.6 Å². The van der Waals surface area contributed by atoms with Gasteiger partial charge < -0.3 is 15.0 Å². The number of fused-ring (bicyclic) bond motifs is 2. The van der Waals surface area contributed by atoms with Crippen molar-refractivity contribution in [3.05, 3.63) is 77.1 Å². The molecule has 0 spiro atoms. The topological polar surface area (TPSA) is 93.1 Å². The van der Waals surface area contributed by atoms with Gasteiger partial charge in [-0.05, 0) is 36.8 Å². The fraction of sp³-hybridized carbons (Fsp3) is 0.296. The van der Waals surface area contributed by atoms with Gasteiger partial charge in [0.15, 0.2) is 0 Å². The fourth-order valence-electron chi connectivity index (χ4n) is 4.59. The molecule has 0 bridgehead atoms. The summed E-state index contributed by atoms with van der Waals surface area (Å²) in [6, 6.07) is 7.22. The van der Waals surface area contributed by atoms with E-state index >= 15 is 0 Å². The van der Waals surface area contributed by atoms with Crippen molar-refractivity contribution in [2.75, 3.05) is 24.6 Å². The molecule has 0 saturated carbocycles. The first-order valence-electron chi connectivity index (χ1n) is 12.3. The van der Waals surface area contributed by atoms with E-state index in [9.17, 15) is 22.4 Å². The lowest BCUT2D eigenvalue weighted by atomic mass is 9.88. The first kappa shape index (κ1) is 25.1. The van der Waals surface area contributed by atoms with E-state index in [-0.39, 0.29) is 24.3 Å². The third-order valence-electron chi connectivity index (χ3n) is 6.93. The molecule has 8 nitrogen and oxygen atoms in total. The van der Waals surface area contributed by atoms with Crippen LogP contribution in [0.4, 0.5) is 23.4 Å². The van der Waals surface area contributed by atoms with E-state index in [0.29, 0.717) is 22.6 Å². The maximum atomic E-state index is 14.9. The summed E-state index contributed by atoms with van der Waals surface area (Å²) < 4.78 is 61.3. The Bertz CT molecular complexity index is 1580. The Hall–Kier alpha value is -4.19. The normalized spacial score (nSPS) is 18.6. The monoisotopic (exact) mass is 538 g/mol. The van der Waals surface area contributed by atoms with Crippen LogP contribution in [-0.2, 0) is 23.6 Å². The average Bonchev–Trinajstić information content (AvgIpc) is 2.91. The van der Waals surface area contributed by atoms with Crippen LogP contribution in [0.2, 0.25) is 0 Å². The number of rotatable bonds is 6. The second-order valence-electron chi connectivity index (χ2n) is 9.49. The molecule has 200 valence electrons. The van der Waals surface area contributed by atoms with Gasteiger partial charge in [0.1, 0.15) is 17.3 Å². The lowest BCUT2D eigenvalue weighted by molar-refractivity contribution is -0.107. The summed E-state index contributed by atoms with van der Waals surface area (Å²) in [4.78, 5) is 32.9. The van der Waals surface area contributed by atoms with Gasteiger partial charge in [0.05, 0.1) is 49.1 Å². The van der Waals surface area contributed by atoms with Crippen LogP contribution in [0.3, 0.4) is 0 Å². The predicted molar refractivity (Wildman–Crippen MR) is 133 cm³/mol. The van der Waals surface area contributed by atoms with Gasteiger partial charge in [-0.2, -0.15) is 0 Å². The molecule has 1 N–H and O–H groups in total. The molecule has 6 rings (SSSR count). The van der Waals surface area contributed by atoms with Gasteiger partial charge >= 0.3 is 0 Å². The summed E-state index contributed by atoms with van der Waals surface area (Å²) in [5.74, 6) is -0.952. The SMILES string of the molecule is O=C(NCc1cc2nc(-c3cncc(N4CCC4)n3)ccc2cn1)c1cc(F)c2c(c1)[C@@](F)(C(F)F)COC2. The molecular formula is C27H22F4N6O2. The van der Waals surface area contributed by atoms with Crippen molar-refractivity contribution >= 4 is 22.6 Å². The standard InChI is InChI=1S/C27H22F4N6O2/c28-20-7-16(6-19-18(20)13-39-14-27(19,31)26(29)30)25(38)34-10-17-8-22-15(9-33-17)2-3-21(35-22)23-11-32-12-24(36-23)37-4-1-5-37/h2-3,6-9,11-12,26H,1,4-5,10,13-14H2,(H,34,38)/t27-/m1/s1. The lowest BCUT2D eigenvalue weighted by Crippen LogP contribution is -2.39. The number of nitrogens with zero attached hydrogens (tertiary/aromatic N) is 5. The van der Waals surface area contributed by atoms with E-state index in [4.69, 9.17) is 4.74 Å². The second kappa shape index (κ2) is 9.84. The first-order valence-corrected chi connectivity index (χ1v) is 12.3. The number of carbonyl (C=O) groups is 1. The number of nitrogens with one attached hydrogen (secondary N) is 1. The third-order valence-corrected chi connectivity index (χ3v) is 6.93. The first-order chi connectivity index (χ1) is 18.8. The minimum absolute atomic E-state index is 0.0532. The predicted octanol–water partition coefficient (Wildman–Crippen LogP) is 4.33. The van der Waals surface area contributed by atoms with Crippen molar-refractivity contribution in [1.29, 1.82) is 0 Å². The highest BCUT2D eigenvalue weighted by atomic mass is 19.3. The highest BCUT2D eigenvalue weighted by molar-refractivity contribution is 5.94. The molecule has 0 aliphatic carbocycles. The van der Waals surface area contributed by atoms with Crippen LogP contribution in [0.15, 0.2) is 48.9 Å². The Balaban J connectivity index is 1.22. The molecule has 39 heavy (non-hydrogen) atoms. The molecule has 2 aliphatic rings. The molecule has 1 saturated heterocycles. The number of hydrogen-bond donors (Lipinski definition) is 1. The molecule has 0 unspecified atom stereocenters. The molecule has 1 atom stereocenters. The molecular weight excluding hydrogens is 516 g/mol. The number of alkyl halides is 3. The van der Waals surface area contributed by atoms with E-state index < -0.39 is 36.0 Å². The highest BCUT2D eigenvalue weighted by Crippen LogP contribution is 2.40. The van der Waals surface area contributed by atoms with Crippen molar-refractivity contribution in [2.24, 2.45) is 0 Å². The number of ether oxygens (including phenoxy) is 1. The van der Waals surface area contributed by atoms with Crippen LogP contribution in [0.25, 0.3) is 22.3 Å². The molecule has 12 heteroatoms. The zero-order valence-electron chi connectivity index (χ0n) is 20.5. The second-order valence-corrected chi connectivity index (χ2v) is 9.49. The molecule has 4 aromatic rings. The number of pyridine rings is 2. The van der Waals surface area contributed by atoms with Crippen molar-refractivity contribution in [3.63, 3.8) is 0 Å². The smallest absolute Gasteiger partial charge is 0.278 e. The van der Waals surface area contributed by atoms with E-state index in [2.05, 4.69) is 30.2 Å². The minimum atomic E-state index is -3.45. The maximum absolute atomic E-state index is 14.9. The highest BCUT2D eigenvalue weighted by Gasteiger charge is 2.47. The van der Waals surface area contributed by atoms with Gasteiger partial charge in [-0.3, -0.25) is 14.8 Å². The van der Waals surface area contributed by atoms with Crippen LogP contribution in [0.5, 0.6) is 0 Å². The Morgan fingerprint density at radius 2 is 1.95 bits per heavy atom. The van der Waals surface area contributed by atoms with E-state index in [1.165, 1.54) is 0 Å². The number of carbonyl (C=O) groups excluding carboxylic acids is 1. The fourth-order valence-corrected chi connectivity index (χ4v) is 4.59. The van der Waals surface area contributed by atoms with Gasteiger partial charge in [-0.15, -0.1) is 0 Å². The van der Waals surface area contributed by atoms with Crippen molar-refractivity contribution in [2.45, 2.75) is 31.7 Å². The number of anilines is 1. The molecule has 3 aromatic heterocycles. The van der Waals surface area contributed by atoms with Gasteiger partial charge in [0.2, 0.25) is 5.67 Å². The van der Waals surface area contributed by atoms with Gasteiger partial charge in [0, 0.05) is 41.4 Å². The van der Waals surface area contributed by atoms with Crippen LogP contribution >= 0.6 is 0 Å². The number of halogens is 4. The molecule has 1 aromatic carbocycles. The molecule has 1 amide bonds. The Labute approximate surface area is 220 Å². The zero-order valence-corrected chi connectivity index (χ0v) is 20.5. The van der Waals surface area contributed by atoms with Crippen LogP contribution in [0, 0.1) is 5.82 Å². The summed E-state index contributed by atoms with van der Waals surface area (Å²) in [6.07, 6.45) is 2.64. The van der Waals surface area contributed by atoms with Crippen molar-refractivity contribution < 1.29 is 27.1 Å². The van der Waals surface area contributed by atoms with Gasteiger partial charge in [-0.25, -0.2) is 27.5 Å². The molecule has 2 aliphatic heterocycles. The van der Waals surface area contributed by atoms with Gasteiger partial charge in [-0.1, -0.05) is 0 Å². The number of aromatic nitrogens is 4. The van der Waals surface area contributed by atoms with E-state index in [0.717, 1.165) is 42.8 Å². The summed E-state index contributed by atoms with van der Waals surface area (Å²) in [5, 5.41) is 3.35. The van der Waals surface area contributed by atoms with Crippen molar-refractivity contribution in [3.8, 4) is 11.4 Å². The van der Waals surface area contributed by atoms with Gasteiger partial charge in [0.25, 0.3) is 12.3 Å². The number of hydrogen-bond acceptors (Lipinski definition) is 7. The molecule has 5 heterocycles. The lowest BCUT2D eigenvalue weighted by Gasteiger charge is -2.31. The van der Waals surface area contributed by atoms with Crippen molar-refractivity contribution in [1.82, 2.24) is 25.3 Å². The Morgan fingerprint density at radius 3 is 2.72 bits per heavy atom. The largest absolute Gasteiger partial charge is 0.373 e. The maximum Gasteiger partial charge on any atom is 0.278 e.